The zero-order valence-corrected chi connectivity index (χ0v) is 12.6. The van der Waals surface area contributed by atoms with Gasteiger partial charge in [0.2, 0.25) is 11.0 Å². The quantitative estimate of drug-likeness (QED) is 0.536. The number of thioether (sulfide) groups is 1. The molecule has 0 saturated heterocycles. The highest BCUT2D eigenvalue weighted by Crippen LogP contribution is 2.23. The molecular weight excluding hydrogens is 317 g/mol. The van der Waals surface area contributed by atoms with Crippen molar-refractivity contribution in [3.63, 3.8) is 0 Å². The van der Waals surface area contributed by atoms with E-state index in [1.165, 1.54) is 23.9 Å². The number of hydrogen-bond acceptors (Lipinski definition) is 6. The van der Waals surface area contributed by atoms with E-state index in [2.05, 4.69) is 20.1 Å². The Morgan fingerprint density at radius 3 is 3.04 bits per heavy atom. The molecule has 6 nitrogen and oxygen atoms in total. The number of oxazole rings is 1. The molecule has 0 amide bonds. The standard InChI is InChI=1S/C15H10FN5OS/c16-11-4-1-3-10(7-11)13-18-12(8-22-13)9-23-15-19-14-17-5-2-6-21(14)20-15/h1-8H,9H2. The minimum atomic E-state index is -0.321. The van der Waals surface area contributed by atoms with E-state index in [0.717, 1.165) is 5.69 Å². The molecule has 0 aliphatic rings. The molecule has 0 atom stereocenters. The summed E-state index contributed by atoms with van der Waals surface area (Å²) >= 11 is 1.43. The number of halogens is 1. The van der Waals surface area contributed by atoms with Crippen LogP contribution in [0.3, 0.4) is 0 Å². The van der Waals surface area contributed by atoms with Gasteiger partial charge in [0.25, 0.3) is 5.78 Å². The van der Waals surface area contributed by atoms with Crippen LogP contribution in [0.25, 0.3) is 17.2 Å². The first-order valence-corrected chi connectivity index (χ1v) is 7.77. The van der Waals surface area contributed by atoms with Crippen molar-refractivity contribution >= 4 is 17.5 Å². The minimum absolute atomic E-state index is 0.321. The van der Waals surface area contributed by atoms with Crippen LogP contribution in [0.1, 0.15) is 5.69 Å². The van der Waals surface area contributed by atoms with E-state index in [1.54, 1.807) is 41.4 Å². The molecule has 0 fully saturated rings. The largest absolute Gasteiger partial charge is 0.444 e. The van der Waals surface area contributed by atoms with Gasteiger partial charge in [-0.3, -0.25) is 0 Å². The van der Waals surface area contributed by atoms with E-state index in [0.29, 0.717) is 28.1 Å². The Hall–Kier alpha value is -2.74. The van der Waals surface area contributed by atoms with Gasteiger partial charge in [-0.25, -0.2) is 18.9 Å². The van der Waals surface area contributed by atoms with Crippen LogP contribution >= 0.6 is 11.8 Å². The fourth-order valence-corrected chi connectivity index (χ4v) is 2.74. The van der Waals surface area contributed by atoms with Crippen molar-refractivity contribution in [3.05, 3.63) is 60.5 Å². The molecule has 0 radical (unpaired) electrons. The van der Waals surface area contributed by atoms with E-state index in [4.69, 9.17) is 4.42 Å². The molecule has 0 aliphatic carbocycles. The predicted octanol–water partition coefficient (Wildman–Crippen LogP) is 3.21. The fourth-order valence-electron chi connectivity index (χ4n) is 2.04. The molecule has 0 unspecified atom stereocenters. The van der Waals surface area contributed by atoms with E-state index < -0.39 is 0 Å². The maximum Gasteiger partial charge on any atom is 0.253 e. The molecule has 0 saturated carbocycles. The second kappa shape index (κ2) is 5.81. The lowest BCUT2D eigenvalue weighted by atomic mass is 10.2. The van der Waals surface area contributed by atoms with Gasteiger partial charge in [0, 0.05) is 23.7 Å². The Morgan fingerprint density at radius 1 is 1.22 bits per heavy atom. The summed E-state index contributed by atoms with van der Waals surface area (Å²) in [7, 11) is 0. The molecule has 3 aromatic heterocycles. The van der Waals surface area contributed by atoms with Crippen molar-refractivity contribution < 1.29 is 8.81 Å². The van der Waals surface area contributed by atoms with E-state index in [9.17, 15) is 4.39 Å². The Morgan fingerprint density at radius 2 is 2.17 bits per heavy atom. The number of rotatable bonds is 4. The van der Waals surface area contributed by atoms with Crippen molar-refractivity contribution in [1.82, 2.24) is 24.6 Å². The minimum Gasteiger partial charge on any atom is -0.444 e. The Balaban J connectivity index is 1.49. The highest BCUT2D eigenvalue weighted by atomic mass is 32.2. The molecule has 23 heavy (non-hydrogen) atoms. The number of nitrogens with zero attached hydrogens (tertiary/aromatic N) is 5. The van der Waals surface area contributed by atoms with Crippen LogP contribution in [-0.2, 0) is 5.75 Å². The number of fused-ring (bicyclic) bond motifs is 1. The normalized spacial score (nSPS) is 11.2. The average molecular weight is 327 g/mol. The summed E-state index contributed by atoms with van der Waals surface area (Å²) in [5.41, 5.74) is 1.34. The lowest BCUT2D eigenvalue weighted by Crippen LogP contribution is -1.87. The molecule has 114 valence electrons. The SMILES string of the molecule is Fc1cccc(-c2nc(CSc3nc4ncccn4n3)co2)c1. The molecule has 0 N–H and O–H groups in total. The maximum absolute atomic E-state index is 13.2. The number of hydrogen-bond donors (Lipinski definition) is 0. The second-order valence-electron chi connectivity index (χ2n) is 4.70. The molecule has 4 rings (SSSR count). The van der Waals surface area contributed by atoms with Gasteiger partial charge in [-0.15, -0.1) is 5.10 Å². The van der Waals surface area contributed by atoms with Gasteiger partial charge >= 0.3 is 0 Å². The summed E-state index contributed by atoms with van der Waals surface area (Å²) in [6.07, 6.45) is 5.01. The molecule has 0 bridgehead atoms. The van der Waals surface area contributed by atoms with E-state index in [-0.39, 0.29) is 5.82 Å². The zero-order chi connectivity index (χ0) is 15.6. The number of aromatic nitrogens is 5. The summed E-state index contributed by atoms with van der Waals surface area (Å²) in [6, 6.07) is 7.93. The van der Waals surface area contributed by atoms with Gasteiger partial charge < -0.3 is 4.42 Å². The van der Waals surface area contributed by atoms with Gasteiger partial charge in [-0.1, -0.05) is 17.8 Å². The third-order valence-electron chi connectivity index (χ3n) is 3.07. The zero-order valence-electron chi connectivity index (χ0n) is 11.8. The monoisotopic (exact) mass is 327 g/mol. The first-order chi connectivity index (χ1) is 11.3. The summed E-state index contributed by atoms with van der Waals surface area (Å²) in [5.74, 6) is 1.17. The van der Waals surface area contributed by atoms with E-state index >= 15 is 0 Å². The Kier molecular flexibility index (Phi) is 3.51. The predicted molar refractivity (Wildman–Crippen MR) is 82.2 cm³/mol. The first-order valence-electron chi connectivity index (χ1n) is 6.78. The van der Waals surface area contributed by atoms with Gasteiger partial charge in [0.15, 0.2) is 0 Å². The summed E-state index contributed by atoms with van der Waals surface area (Å²) in [4.78, 5) is 12.8. The molecule has 3 heterocycles. The lowest BCUT2D eigenvalue weighted by molar-refractivity contribution is 0.571. The average Bonchev–Trinajstić information content (AvgIpc) is 3.19. The van der Waals surface area contributed by atoms with Gasteiger partial charge in [0.1, 0.15) is 12.1 Å². The molecule has 4 aromatic rings. The van der Waals surface area contributed by atoms with Crippen LogP contribution in [-0.4, -0.2) is 24.6 Å². The highest BCUT2D eigenvalue weighted by molar-refractivity contribution is 7.98. The molecular formula is C15H10FN5OS. The van der Waals surface area contributed by atoms with Crippen molar-refractivity contribution in [2.45, 2.75) is 10.9 Å². The molecule has 0 spiro atoms. The number of benzene rings is 1. The van der Waals surface area contributed by atoms with E-state index in [1.807, 2.05) is 0 Å². The van der Waals surface area contributed by atoms with Crippen LogP contribution in [0.2, 0.25) is 0 Å². The van der Waals surface area contributed by atoms with Crippen molar-refractivity contribution in [2.24, 2.45) is 0 Å². The van der Waals surface area contributed by atoms with Gasteiger partial charge in [-0.05, 0) is 24.3 Å². The maximum atomic E-state index is 13.2. The topological polar surface area (TPSA) is 69.1 Å². The smallest absolute Gasteiger partial charge is 0.253 e. The van der Waals surface area contributed by atoms with Crippen LogP contribution in [0.4, 0.5) is 4.39 Å². The Labute approximate surface area is 134 Å². The fraction of sp³-hybridized carbons (Fsp3) is 0.0667. The highest BCUT2D eigenvalue weighted by Gasteiger charge is 2.10. The van der Waals surface area contributed by atoms with Crippen molar-refractivity contribution in [1.29, 1.82) is 0 Å². The van der Waals surface area contributed by atoms with Crippen LogP contribution in [0.5, 0.6) is 0 Å². The first kappa shape index (κ1) is 13.9. The van der Waals surface area contributed by atoms with Crippen molar-refractivity contribution in [2.75, 3.05) is 0 Å². The van der Waals surface area contributed by atoms with Crippen molar-refractivity contribution in [3.8, 4) is 11.5 Å². The van der Waals surface area contributed by atoms with Gasteiger partial charge in [0.05, 0.1) is 5.69 Å². The Bertz CT molecular complexity index is 934. The third-order valence-corrected chi connectivity index (χ3v) is 3.94. The van der Waals surface area contributed by atoms with Crippen LogP contribution < -0.4 is 0 Å². The second-order valence-corrected chi connectivity index (χ2v) is 5.64. The van der Waals surface area contributed by atoms with Crippen LogP contribution in [0, 0.1) is 5.82 Å². The molecule has 8 heteroatoms. The van der Waals surface area contributed by atoms with Gasteiger partial charge in [-0.2, -0.15) is 4.98 Å². The third kappa shape index (κ3) is 2.93. The summed E-state index contributed by atoms with van der Waals surface area (Å²) in [5, 5.41) is 4.91. The summed E-state index contributed by atoms with van der Waals surface area (Å²) < 4.78 is 20.3. The lowest BCUT2D eigenvalue weighted by Gasteiger charge is -1.94. The summed E-state index contributed by atoms with van der Waals surface area (Å²) in [6.45, 7) is 0. The molecule has 0 aliphatic heterocycles. The molecule has 1 aromatic carbocycles. The van der Waals surface area contributed by atoms with Crippen LogP contribution in [0.15, 0.2) is 58.6 Å².